The second-order valence-corrected chi connectivity index (χ2v) is 7.08. The summed E-state index contributed by atoms with van der Waals surface area (Å²) in [6, 6.07) is 12.3. The van der Waals surface area contributed by atoms with Gasteiger partial charge in [-0.2, -0.15) is 0 Å². The summed E-state index contributed by atoms with van der Waals surface area (Å²) >= 11 is 0. The third-order valence-corrected chi connectivity index (χ3v) is 4.85. The summed E-state index contributed by atoms with van der Waals surface area (Å²) in [5.41, 5.74) is 1.64. The number of carbonyl (C=O) groups is 2. The predicted octanol–water partition coefficient (Wildman–Crippen LogP) is 2.17. The molecule has 31 heavy (non-hydrogen) atoms. The Morgan fingerprint density at radius 3 is 2.48 bits per heavy atom. The Morgan fingerprint density at radius 2 is 1.74 bits per heavy atom. The first-order valence-corrected chi connectivity index (χ1v) is 10.1. The fourth-order valence-corrected chi connectivity index (χ4v) is 3.50. The maximum absolute atomic E-state index is 12.7. The van der Waals surface area contributed by atoms with Crippen LogP contribution in [-0.4, -0.2) is 40.8 Å². The molecule has 1 amide bonds. The summed E-state index contributed by atoms with van der Waals surface area (Å²) in [5, 5.41) is 2.65. The lowest BCUT2D eigenvalue weighted by atomic mass is 10.2. The van der Waals surface area contributed by atoms with E-state index >= 15 is 0 Å². The molecule has 2 heterocycles. The summed E-state index contributed by atoms with van der Waals surface area (Å²) in [5.74, 6) is -0.00291. The highest BCUT2D eigenvalue weighted by Crippen LogP contribution is 2.32. The Hall–Kier alpha value is -3.75. The van der Waals surface area contributed by atoms with Gasteiger partial charge in [0.25, 0.3) is 5.91 Å². The van der Waals surface area contributed by atoms with E-state index in [1.54, 1.807) is 34.9 Å². The number of hydrogen-bond donors (Lipinski definition) is 1. The highest BCUT2D eigenvalue weighted by atomic mass is 16.6. The van der Waals surface area contributed by atoms with Gasteiger partial charge in [0.1, 0.15) is 19.8 Å². The molecule has 1 aliphatic heterocycles. The van der Waals surface area contributed by atoms with Gasteiger partial charge in [-0.05, 0) is 30.7 Å². The molecular formula is C22H23N3O6. The smallest absolute Gasteiger partial charge is 0.329 e. The zero-order valence-corrected chi connectivity index (χ0v) is 17.1. The average Bonchev–Trinajstić information content (AvgIpc) is 3.04. The molecule has 0 atom stereocenters. The summed E-state index contributed by atoms with van der Waals surface area (Å²) < 4.78 is 19.0. The van der Waals surface area contributed by atoms with Crippen molar-refractivity contribution in [2.45, 2.75) is 26.4 Å². The molecule has 2 aromatic carbocycles. The summed E-state index contributed by atoms with van der Waals surface area (Å²) in [6.07, 6.45) is 0.790. The third-order valence-electron chi connectivity index (χ3n) is 4.85. The van der Waals surface area contributed by atoms with Crippen LogP contribution in [0.3, 0.4) is 0 Å². The minimum Gasteiger partial charge on any atom is -0.486 e. The lowest BCUT2D eigenvalue weighted by Crippen LogP contribution is -2.29. The number of aromatic nitrogens is 2. The van der Waals surface area contributed by atoms with E-state index in [9.17, 15) is 14.4 Å². The molecule has 0 saturated carbocycles. The van der Waals surface area contributed by atoms with Crippen molar-refractivity contribution in [3.05, 3.63) is 52.9 Å². The molecule has 1 aromatic heterocycles. The van der Waals surface area contributed by atoms with Gasteiger partial charge in [0.05, 0.1) is 11.0 Å². The van der Waals surface area contributed by atoms with Crippen LogP contribution in [-0.2, 0) is 27.4 Å². The van der Waals surface area contributed by atoms with Gasteiger partial charge >= 0.3 is 11.7 Å². The number of imidazole rings is 1. The zero-order valence-electron chi connectivity index (χ0n) is 17.1. The molecular weight excluding hydrogens is 402 g/mol. The maximum Gasteiger partial charge on any atom is 0.329 e. The van der Waals surface area contributed by atoms with Gasteiger partial charge in [-0.25, -0.2) is 4.79 Å². The van der Waals surface area contributed by atoms with Gasteiger partial charge in [0.15, 0.2) is 18.1 Å². The number of esters is 1. The van der Waals surface area contributed by atoms with E-state index in [2.05, 4.69) is 5.32 Å². The minimum absolute atomic E-state index is 0.270. The number of carbonyl (C=O) groups excluding carboxylic acids is 2. The van der Waals surface area contributed by atoms with Crippen molar-refractivity contribution in [1.29, 1.82) is 0 Å². The molecule has 0 saturated heterocycles. The number of nitrogens with zero attached hydrogens (tertiary/aromatic N) is 2. The van der Waals surface area contributed by atoms with E-state index in [-0.39, 0.29) is 12.2 Å². The van der Waals surface area contributed by atoms with Crippen molar-refractivity contribution >= 4 is 28.6 Å². The quantitative estimate of drug-likeness (QED) is 0.583. The first-order valence-electron chi connectivity index (χ1n) is 10.1. The van der Waals surface area contributed by atoms with Gasteiger partial charge < -0.3 is 19.5 Å². The number of benzene rings is 2. The highest BCUT2D eigenvalue weighted by Gasteiger charge is 2.17. The zero-order chi connectivity index (χ0) is 21.8. The molecule has 0 spiro atoms. The number of amides is 1. The van der Waals surface area contributed by atoms with E-state index in [0.717, 1.165) is 11.9 Å². The highest BCUT2D eigenvalue weighted by molar-refractivity contribution is 5.93. The molecule has 0 bridgehead atoms. The molecule has 4 rings (SSSR count). The summed E-state index contributed by atoms with van der Waals surface area (Å²) in [4.78, 5) is 37.2. The van der Waals surface area contributed by atoms with Crippen LogP contribution in [0.15, 0.2) is 47.3 Å². The number of hydrogen-bond acceptors (Lipinski definition) is 6. The second kappa shape index (κ2) is 8.95. The monoisotopic (exact) mass is 425 g/mol. The number of anilines is 1. The van der Waals surface area contributed by atoms with Crippen LogP contribution in [0.25, 0.3) is 11.0 Å². The standard InChI is InChI=1S/C22H23N3O6/c1-2-9-24-16-5-3-4-6-17(16)25(22(24)28)13-21(27)31-14-20(26)23-15-7-8-18-19(12-15)30-11-10-29-18/h3-8,12H,2,9-11,13-14H2,1H3,(H,23,26). The number of aryl methyl sites for hydroxylation is 1. The molecule has 162 valence electrons. The predicted molar refractivity (Wildman–Crippen MR) is 114 cm³/mol. The molecule has 9 nitrogen and oxygen atoms in total. The third kappa shape index (κ3) is 4.40. The van der Waals surface area contributed by atoms with Crippen molar-refractivity contribution in [3.63, 3.8) is 0 Å². The van der Waals surface area contributed by atoms with Gasteiger partial charge in [-0.1, -0.05) is 19.1 Å². The van der Waals surface area contributed by atoms with Crippen LogP contribution in [0.4, 0.5) is 5.69 Å². The van der Waals surface area contributed by atoms with Crippen molar-refractivity contribution in [2.24, 2.45) is 0 Å². The van der Waals surface area contributed by atoms with Crippen LogP contribution >= 0.6 is 0 Å². The maximum atomic E-state index is 12.7. The molecule has 9 heteroatoms. The van der Waals surface area contributed by atoms with Crippen LogP contribution < -0.4 is 20.5 Å². The fraction of sp³-hybridized carbons (Fsp3) is 0.318. The molecule has 0 aliphatic carbocycles. The number of fused-ring (bicyclic) bond motifs is 2. The molecule has 1 aliphatic rings. The lowest BCUT2D eigenvalue weighted by Gasteiger charge is -2.19. The molecule has 1 N–H and O–H groups in total. The number of para-hydroxylation sites is 2. The van der Waals surface area contributed by atoms with Crippen LogP contribution in [0.1, 0.15) is 13.3 Å². The molecule has 0 radical (unpaired) electrons. The van der Waals surface area contributed by atoms with Gasteiger partial charge in [-0.3, -0.25) is 18.7 Å². The van der Waals surface area contributed by atoms with Gasteiger partial charge in [0, 0.05) is 18.3 Å². The van der Waals surface area contributed by atoms with Crippen molar-refractivity contribution < 1.29 is 23.8 Å². The van der Waals surface area contributed by atoms with E-state index in [0.29, 0.717) is 42.5 Å². The normalized spacial score (nSPS) is 12.5. The Labute approximate surface area is 178 Å². The van der Waals surface area contributed by atoms with E-state index in [1.807, 2.05) is 19.1 Å². The number of ether oxygens (including phenoxy) is 3. The Morgan fingerprint density at radius 1 is 1.03 bits per heavy atom. The lowest BCUT2D eigenvalue weighted by molar-refractivity contribution is -0.147. The van der Waals surface area contributed by atoms with Crippen molar-refractivity contribution in [2.75, 3.05) is 25.1 Å². The summed E-state index contributed by atoms with van der Waals surface area (Å²) in [7, 11) is 0. The van der Waals surface area contributed by atoms with Crippen LogP contribution in [0, 0.1) is 0 Å². The van der Waals surface area contributed by atoms with Crippen LogP contribution in [0.5, 0.6) is 11.5 Å². The van der Waals surface area contributed by atoms with E-state index in [4.69, 9.17) is 14.2 Å². The minimum atomic E-state index is -0.668. The topological polar surface area (TPSA) is 101 Å². The largest absolute Gasteiger partial charge is 0.486 e. The number of nitrogens with one attached hydrogen (secondary N) is 1. The number of rotatable bonds is 7. The van der Waals surface area contributed by atoms with Gasteiger partial charge in [-0.15, -0.1) is 0 Å². The Bertz CT molecular complexity index is 1180. The Balaban J connectivity index is 1.38. The molecule has 0 fully saturated rings. The first-order chi connectivity index (χ1) is 15.1. The van der Waals surface area contributed by atoms with E-state index < -0.39 is 18.5 Å². The Kier molecular flexibility index (Phi) is 5.92. The average molecular weight is 425 g/mol. The molecule has 0 unspecified atom stereocenters. The second-order valence-electron chi connectivity index (χ2n) is 7.08. The van der Waals surface area contributed by atoms with Gasteiger partial charge in [0.2, 0.25) is 0 Å². The first kappa shape index (κ1) is 20.5. The fourth-order valence-electron chi connectivity index (χ4n) is 3.50. The summed E-state index contributed by atoms with van der Waals surface area (Å²) in [6.45, 7) is 2.72. The SMILES string of the molecule is CCCn1c(=O)n(CC(=O)OCC(=O)Nc2ccc3c(c2)OCCO3)c2ccccc21. The van der Waals surface area contributed by atoms with Crippen molar-refractivity contribution in [1.82, 2.24) is 9.13 Å². The molecule has 3 aromatic rings. The van der Waals surface area contributed by atoms with E-state index in [1.165, 1.54) is 4.57 Å². The van der Waals surface area contributed by atoms with Crippen LogP contribution in [0.2, 0.25) is 0 Å². The van der Waals surface area contributed by atoms with Crippen molar-refractivity contribution in [3.8, 4) is 11.5 Å².